The van der Waals surface area contributed by atoms with Crippen LogP contribution in [0.25, 0.3) is 5.41 Å². The van der Waals surface area contributed by atoms with E-state index < -0.39 is 11.2 Å². The van der Waals surface area contributed by atoms with E-state index in [-0.39, 0.29) is 17.1 Å². The molecule has 0 saturated carbocycles. The summed E-state index contributed by atoms with van der Waals surface area (Å²) >= 11 is 0. The molecule has 0 fully saturated rings. The first-order chi connectivity index (χ1) is 8.60. The molecule has 1 rings (SSSR count). The van der Waals surface area contributed by atoms with Crippen molar-refractivity contribution in [3.63, 3.8) is 0 Å². The molecule has 0 aliphatic heterocycles. The van der Waals surface area contributed by atoms with Crippen LogP contribution in [0.5, 0.6) is 0 Å². The van der Waals surface area contributed by atoms with Crippen molar-refractivity contribution in [1.82, 2.24) is 9.97 Å². The number of anilines is 1. The minimum Gasteiger partial charge on any atom is -0.806 e. The Labute approximate surface area is 104 Å². The van der Waals surface area contributed by atoms with Crippen LogP contribution in [-0.4, -0.2) is 35.4 Å². The number of hydrogen-bond acceptors (Lipinski definition) is 4. The maximum atomic E-state index is 11.6. The van der Waals surface area contributed by atoms with E-state index in [1.165, 1.54) is 0 Å². The van der Waals surface area contributed by atoms with Gasteiger partial charge in [-0.1, -0.05) is 13.3 Å². The fourth-order valence-electron chi connectivity index (χ4n) is 1.44. The van der Waals surface area contributed by atoms with Gasteiger partial charge in [0, 0.05) is 13.2 Å². The molecular formula is C11H17N4O3-. The van der Waals surface area contributed by atoms with Crippen LogP contribution in [0.15, 0.2) is 9.59 Å². The van der Waals surface area contributed by atoms with Crippen LogP contribution < -0.4 is 16.6 Å². The molecule has 7 heteroatoms. The molecule has 1 aromatic heterocycles. The number of hydrogen-bond donors (Lipinski definition) is 3. The number of nitrogens with zero attached hydrogens (tertiary/aromatic N) is 1. The lowest BCUT2D eigenvalue weighted by atomic mass is 10.2. The Morgan fingerprint density at radius 2 is 2.06 bits per heavy atom. The first-order valence-electron chi connectivity index (χ1n) is 5.83. The minimum atomic E-state index is -0.648. The lowest BCUT2D eigenvalue weighted by Crippen LogP contribution is -2.30. The second-order valence-electron chi connectivity index (χ2n) is 3.58. The van der Waals surface area contributed by atoms with Crippen molar-refractivity contribution < 1.29 is 4.74 Å². The fourth-order valence-corrected chi connectivity index (χ4v) is 1.44. The number of ether oxygens (including phenoxy) is 1. The second kappa shape index (κ2) is 6.75. The SMILES string of the molecule is CCOCCNc1c(C(=[N-])CC)[nH]c(=O)[nH]c1=O. The highest BCUT2D eigenvalue weighted by Crippen LogP contribution is 2.07. The molecule has 0 radical (unpaired) electrons. The standard InChI is InChI=1S/C11H17N4O3/c1-3-7(12)8-9(13-5-6-18-4-2)10(16)15-11(17)14-8/h13H,3-6H2,1-2H3,(H2,14,15,16,17)/q-1. The molecular weight excluding hydrogens is 236 g/mol. The summed E-state index contributed by atoms with van der Waals surface area (Å²) in [6.45, 7) is 5.02. The summed E-state index contributed by atoms with van der Waals surface area (Å²) in [6, 6.07) is 0. The summed E-state index contributed by atoms with van der Waals surface area (Å²) in [5, 5.41) is 12.5. The summed E-state index contributed by atoms with van der Waals surface area (Å²) < 4.78 is 5.13. The topological polar surface area (TPSA) is 109 Å². The van der Waals surface area contributed by atoms with Crippen LogP contribution in [0.4, 0.5) is 5.69 Å². The fraction of sp³-hybridized carbons (Fsp3) is 0.545. The second-order valence-corrected chi connectivity index (χ2v) is 3.58. The third-order valence-corrected chi connectivity index (χ3v) is 2.32. The number of aromatic nitrogens is 2. The first kappa shape index (κ1) is 14.2. The first-order valence-corrected chi connectivity index (χ1v) is 5.83. The van der Waals surface area contributed by atoms with Crippen molar-refractivity contribution in [3.05, 3.63) is 31.9 Å². The largest absolute Gasteiger partial charge is 0.806 e. The van der Waals surface area contributed by atoms with Gasteiger partial charge in [0.2, 0.25) is 0 Å². The van der Waals surface area contributed by atoms with Gasteiger partial charge in [-0.2, -0.15) is 5.71 Å². The maximum absolute atomic E-state index is 11.6. The van der Waals surface area contributed by atoms with Gasteiger partial charge in [0.05, 0.1) is 12.3 Å². The summed E-state index contributed by atoms with van der Waals surface area (Å²) in [5.41, 5.74) is -0.982. The Kier molecular flexibility index (Phi) is 5.31. The molecule has 0 saturated heterocycles. The number of nitrogens with one attached hydrogen (secondary N) is 3. The van der Waals surface area contributed by atoms with E-state index in [0.29, 0.717) is 26.2 Å². The zero-order valence-electron chi connectivity index (χ0n) is 10.5. The van der Waals surface area contributed by atoms with E-state index in [0.717, 1.165) is 0 Å². The third-order valence-electron chi connectivity index (χ3n) is 2.32. The molecule has 7 nitrogen and oxygen atoms in total. The average Bonchev–Trinajstić information content (AvgIpc) is 2.35. The van der Waals surface area contributed by atoms with E-state index in [9.17, 15) is 15.0 Å². The Morgan fingerprint density at radius 1 is 1.33 bits per heavy atom. The zero-order valence-corrected chi connectivity index (χ0v) is 10.5. The van der Waals surface area contributed by atoms with Gasteiger partial charge in [-0.15, -0.1) is 0 Å². The van der Waals surface area contributed by atoms with Crippen LogP contribution in [0.3, 0.4) is 0 Å². The Morgan fingerprint density at radius 3 is 2.67 bits per heavy atom. The van der Waals surface area contributed by atoms with Gasteiger partial charge in [0.25, 0.3) is 5.56 Å². The molecule has 1 aromatic rings. The van der Waals surface area contributed by atoms with Crippen LogP contribution in [0.2, 0.25) is 0 Å². The third kappa shape index (κ3) is 3.56. The van der Waals surface area contributed by atoms with Crippen molar-refractivity contribution in [1.29, 1.82) is 0 Å². The smallest absolute Gasteiger partial charge is 0.326 e. The molecule has 0 aromatic carbocycles. The van der Waals surface area contributed by atoms with Crippen molar-refractivity contribution in [2.45, 2.75) is 20.3 Å². The summed E-state index contributed by atoms with van der Waals surface area (Å²) in [5.74, 6) is 0. The molecule has 0 unspecified atom stereocenters. The van der Waals surface area contributed by atoms with Crippen molar-refractivity contribution in [3.8, 4) is 0 Å². The lowest BCUT2D eigenvalue weighted by molar-refractivity contribution is 0.158. The monoisotopic (exact) mass is 253 g/mol. The van der Waals surface area contributed by atoms with Gasteiger partial charge in [-0.25, -0.2) is 4.79 Å². The summed E-state index contributed by atoms with van der Waals surface area (Å²) in [4.78, 5) is 27.3. The van der Waals surface area contributed by atoms with E-state index in [1.54, 1.807) is 6.92 Å². The molecule has 1 heterocycles. The van der Waals surface area contributed by atoms with Gasteiger partial charge < -0.3 is 20.4 Å². The van der Waals surface area contributed by atoms with Crippen LogP contribution in [0.1, 0.15) is 26.0 Å². The van der Waals surface area contributed by atoms with E-state index in [1.807, 2.05) is 6.92 Å². The molecule has 0 aliphatic carbocycles. The van der Waals surface area contributed by atoms with E-state index in [2.05, 4.69) is 15.3 Å². The summed E-state index contributed by atoms with van der Waals surface area (Å²) in [7, 11) is 0. The van der Waals surface area contributed by atoms with E-state index >= 15 is 0 Å². The van der Waals surface area contributed by atoms with Gasteiger partial charge >= 0.3 is 5.69 Å². The Bertz CT molecular complexity index is 518. The number of aromatic amines is 2. The van der Waals surface area contributed by atoms with Gasteiger partial charge in [-0.05, 0) is 6.92 Å². The average molecular weight is 253 g/mol. The highest BCUT2D eigenvalue weighted by atomic mass is 16.5. The predicted molar refractivity (Wildman–Crippen MR) is 70.4 cm³/mol. The van der Waals surface area contributed by atoms with Gasteiger partial charge in [0.1, 0.15) is 5.69 Å². The molecule has 0 bridgehead atoms. The predicted octanol–water partition coefficient (Wildman–Crippen LogP) is 0.280. The highest BCUT2D eigenvalue weighted by Gasteiger charge is 2.08. The lowest BCUT2D eigenvalue weighted by Gasteiger charge is -2.15. The van der Waals surface area contributed by atoms with E-state index in [4.69, 9.17) is 4.74 Å². The molecule has 100 valence electrons. The van der Waals surface area contributed by atoms with Crippen molar-refractivity contribution in [2.75, 3.05) is 25.1 Å². The molecule has 18 heavy (non-hydrogen) atoms. The molecule has 0 aliphatic rings. The molecule has 0 amide bonds. The van der Waals surface area contributed by atoms with Crippen LogP contribution >= 0.6 is 0 Å². The molecule has 0 spiro atoms. The summed E-state index contributed by atoms with van der Waals surface area (Å²) in [6.07, 6.45) is 0.319. The Hall–Kier alpha value is -1.89. The van der Waals surface area contributed by atoms with Crippen molar-refractivity contribution >= 4 is 11.4 Å². The molecule has 0 atom stereocenters. The molecule has 3 N–H and O–H groups in total. The van der Waals surface area contributed by atoms with Crippen molar-refractivity contribution in [2.24, 2.45) is 0 Å². The highest BCUT2D eigenvalue weighted by molar-refractivity contribution is 6.05. The number of rotatable bonds is 7. The quantitative estimate of drug-likeness (QED) is 0.479. The Balaban J connectivity index is 2.97. The maximum Gasteiger partial charge on any atom is 0.326 e. The van der Waals surface area contributed by atoms with Crippen LogP contribution in [-0.2, 0) is 4.74 Å². The normalized spacial score (nSPS) is 10.3. The number of H-pyrrole nitrogens is 2. The van der Waals surface area contributed by atoms with Crippen LogP contribution in [0, 0.1) is 0 Å². The minimum absolute atomic E-state index is 0.0443. The zero-order chi connectivity index (χ0) is 13.5. The van der Waals surface area contributed by atoms with Gasteiger partial charge in [-0.3, -0.25) is 9.78 Å². The van der Waals surface area contributed by atoms with Gasteiger partial charge in [0.15, 0.2) is 0 Å².